The van der Waals surface area contributed by atoms with Gasteiger partial charge in [-0.3, -0.25) is 4.79 Å². The van der Waals surface area contributed by atoms with Crippen molar-refractivity contribution in [2.45, 2.75) is 38.8 Å². The number of rotatable bonds is 4. The molecule has 104 valence electrons. The van der Waals surface area contributed by atoms with Crippen molar-refractivity contribution in [2.75, 3.05) is 18.0 Å². The highest BCUT2D eigenvalue weighted by Crippen LogP contribution is 2.24. The second-order valence-electron chi connectivity index (χ2n) is 4.92. The first kappa shape index (κ1) is 13.9. The second-order valence-corrected chi connectivity index (χ2v) is 4.92. The van der Waals surface area contributed by atoms with E-state index in [-0.39, 0.29) is 11.9 Å². The lowest BCUT2D eigenvalue weighted by molar-refractivity contribution is -0.123. The zero-order valence-corrected chi connectivity index (χ0v) is 11.6. The molecule has 1 heterocycles. The molecule has 1 amide bonds. The minimum atomic E-state index is -0.402. The lowest BCUT2D eigenvalue weighted by atomic mass is 10.0. The molecule has 4 heteroatoms. The number of amides is 1. The lowest BCUT2D eigenvalue weighted by Crippen LogP contribution is -2.55. The van der Waals surface area contributed by atoms with Crippen LogP contribution in [0.2, 0.25) is 0 Å². The fourth-order valence-corrected chi connectivity index (χ4v) is 2.55. The molecule has 2 rings (SSSR count). The quantitative estimate of drug-likeness (QED) is 0.870. The molecular formula is C15H22N2O2. The van der Waals surface area contributed by atoms with E-state index >= 15 is 0 Å². The minimum Gasteiger partial charge on any atom is -0.388 e. The van der Waals surface area contributed by atoms with Gasteiger partial charge in [-0.25, -0.2) is 0 Å². The van der Waals surface area contributed by atoms with Crippen LogP contribution in [0.3, 0.4) is 0 Å². The molecule has 1 saturated heterocycles. The molecule has 19 heavy (non-hydrogen) atoms. The number of anilines is 1. The number of nitrogens with zero attached hydrogens (tertiary/aromatic N) is 1. The molecule has 4 nitrogen and oxygen atoms in total. The second kappa shape index (κ2) is 6.06. The van der Waals surface area contributed by atoms with Gasteiger partial charge in [-0.1, -0.05) is 26.0 Å². The van der Waals surface area contributed by atoms with E-state index in [1.165, 1.54) is 0 Å². The van der Waals surface area contributed by atoms with Crippen LogP contribution in [0, 0.1) is 0 Å². The molecule has 0 bridgehead atoms. The Morgan fingerprint density at radius 1 is 1.37 bits per heavy atom. The van der Waals surface area contributed by atoms with Crippen LogP contribution in [0.25, 0.3) is 0 Å². The van der Waals surface area contributed by atoms with Crippen LogP contribution >= 0.6 is 0 Å². The zero-order valence-electron chi connectivity index (χ0n) is 11.6. The van der Waals surface area contributed by atoms with E-state index in [1.54, 1.807) is 0 Å². The van der Waals surface area contributed by atoms with Crippen molar-refractivity contribution >= 4 is 11.6 Å². The first-order valence-electron chi connectivity index (χ1n) is 6.99. The molecule has 2 N–H and O–H groups in total. The summed E-state index contributed by atoms with van der Waals surface area (Å²) >= 11 is 0. The summed E-state index contributed by atoms with van der Waals surface area (Å²) in [6, 6.07) is 7.80. The number of hydrogen-bond acceptors (Lipinski definition) is 3. The van der Waals surface area contributed by atoms with Crippen LogP contribution in [0.15, 0.2) is 24.3 Å². The smallest absolute Gasteiger partial charge is 0.242 e. The Bertz CT molecular complexity index is 430. The van der Waals surface area contributed by atoms with Crippen molar-refractivity contribution in [2.24, 2.45) is 0 Å². The summed E-state index contributed by atoms with van der Waals surface area (Å²) < 4.78 is 0. The summed E-state index contributed by atoms with van der Waals surface area (Å²) in [5.41, 5.74) is 1.98. The molecule has 1 aromatic carbocycles. The van der Waals surface area contributed by atoms with Crippen molar-refractivity contribution in [3.63, 3.8) is 0 Å². The van der Waals surface area contributed by atoms with Gasteiger partial charge in [0.1, 0.15) is 6.04 Å². The fourth-order valence-electron chi connectivity index (χ4n) is 2.55. The molecular weight excluding hydrogens is 240 g/mol. The number of hydrogen-bond donors (Lipinski definition) is 2. The van der Waals surface area contributed by atoms with Crippen molar-refractivity contribution in [1.29, 1.82) is 0 Å². The highest BCUT2D eigenvalue weighted by atomic mass is 16.3. The molecule has 0 aliphatic carbocycles. The molecule has 0 radical (unpaired) electrons. The van der Waals surface area contributed by atoms with Gasteiger partial charge in [0.15, 0.2) is 0 Å². The van der Waals surface area contributed by atoms with Crippen LogP contribution in [0.1, 0.15) is 38.4 Å². The maximum Gasteiger partial charge on any atom is 0.242 e. The molecule has 0 saturated carbocycles. The number of nitrogens with one attached hydrogen (secondary N) is 1. The molecule has 0 aromatic heterocycles. The number of carbonyl (C=O) groups is 1. The average molecular weight is 262 g/mol. The SMILES string of the molecule is CCC(O)c1ccc(N2CCNC(=O)C2CC)cc1. The van der Waals surface area contributed by atoms with Crippen molar-refractivity contribution in [3.8, 4) is 0 Å². The third-order valence-corrected chi connectivity index (χ3v) is 3.71. The van der Waals surface area contributed by atoms with E-state index in [0.717, 1.165) is 24.2 Å². The van der Waals surface area contributed by atoms with Crippen LogP contribution in [0.5, 0.6) is 0 Å². The Morgan fingerprint density at radius 3 is 2.63 bits per heavy atom. The fraction of sp³-hybridized carbons (Fsp3) is 0.533. The van der Waals surface area contributed by atoms with E-state index in [9.17, 15) is 9.90 Å². The number of piperazine rings is 1. The summed E-state index contributed by atoms with van der Waals surface area (Å²) in [6.45, 7) is 5.51. The Morgan fingerprint density at radius 2 is 2.05 bits per heavy atom. The molecule has 2 atom stereocenters. The highest BCUT2D eigenvalue weighted by Gasteiger charge is 2.28. The summed E-state index contributed by atoms with van der Waals surface area (Å²) in [4.78, 5) is 14.0. The molecule has 0 spiro atoms. The summed E-state index contributed by atoms with van der Waals surface area (Å²) in [7, 11) is 0. The number of benzene rings is 1. The van der Waals surface area contributed by atoms with Gasteiger partial charge in [0, 0.05) is 18.8 Å². The topological polar surface area (TPSA) is 52.6 Å². The van der Waals surface area contributed by atoms with E-state index < -0.39 is 6.10 Å². The molecule has 1 aromatic rings. The summed E-state index contributed by atoms with van der Waals surface area (Å²) in [6.07, 6.45) is 1.11. The molecule has 2 unspecified atom stereocenters. The zero-order chi connectivity index (χ0) is 13.8. The van der Waals surface area contributed by atoms with E-state index in [1.807, 2.05) is 38.1 Å². The normalized spacial score (nSPS) is 21.1. The van der Waals surface area contributed by atoms with Crippen LogP contribution in [0.4, 0.5) is 5.69 Å². The Kier molecular flexibility index (Phi) is 4.43. The van der Waals surface area contributed by atoms with Gasteiger partial charge < -0.3 is 15.3 Å². The Hall–Kier alpha value is -1.55. The largest absolute Gasteiger partial charge is 0.388 e. The van der Waals surface area contributed by atoms with Gasteiger partial charge in [0.25, 0.3) is 0 Å². The Labute approximate surface area is 114 Å². The van der Waals surface area contributed by atoms with Gasteiger partial charge in [0.05, 0.1) is 6.10 Å². The average Bonchev–Trinajstić information content (AvgIpc) is 2.46. The first-order valence-corrected chi connectivity index (χ1v) is 6.99. The van der Waals surface area contributed by atoms with Crippen LogP contribution < -0.4 is 10.2 Å². The summed E-state index contributed by atoms with van der Waals surface area (Å²) in [5, 5.41) is 12.7. The Balaban J connectivity index is 2.18. The van der Waals surface area contributed by atoms with E-state index in [4.69, 9.17) is 0 Å². The number of aliphatic hydroxyl groups is 1. The van der Waals surface area contributed by atoms with Crippen LogP contribution in [-0.2, 0) is 4.79 Å². The maximum absolute atomic E-state index is 11.8. The van der Waals surface area contributed by atoms with Crippen molar-refractivity contribution < 1.29 is 9.90 Å². The van der Waals surface area contributed by atoms with Gasteiger partial charge >= 0.3 is 0 Å². The predicted octanol–water partition coefficient (Wildman–Crippen LogP) is 1.84. The summed E-state index contributed by atoms with van der Waals surface area (Å²) in [5.74, 6) is 0.103. The monoisotopic (exact) mass is 262 g/mol. The first-order chi connectivity index (χ1) is 9.17. The van der Waals surface area contributed by atoms with Gasteiger partial charge in [0.2, 0.25) is 5.91 Å². The molecule has 1 aliphatic rings. The minimum absolute atomic E-state index is 0.0873. The van der Waals surface area contributed by atoms with Gasteiger partial charge in [-0.15, -0.1) is 0 Å². The third kappa shape index (κ3) is 2.89. The maximum atomic E-state index is 11.8. The third-order valence-electron chi connectivity index (χ3n) is 3.71. The van der Waals surface area contributed by atoms with Gasteiger partial charge in [-0.2, -0.15) is 0 Å². The van der Waals surface area contributed by atoms with E-state index in [0.29, 0.717) is 13.0 Å². The molecule has 1 aliphatic heterocycles. The van der Waals surface area contributed by atoms with Crippen molar-refractivity contribution in [3.05, 3.63) is 29.8 Å². The van der Waals surface area contributed by atoms with Crippen molar-refractivity contribution in [1.82, 2.24) is 5.32 Å². The predicted molar refractivity (Wildman–Crippen MR) is 76.1 cm³/mol. The highest BCUT2D eigenvalue weighted by molar-refractivity contribution is 5.86. The number of carbonyl (C=O) groups excluding carboxylic acids is 1. The molecule has 1 fully saturated rings. The van der Waals surface area contributed by atoms with Gasteiger partial charge in [-0.05, 0) is 30.5 Å². The number of aliphatic hydroxyl groups excluding tert-OH is 1. The standard InChI is InChI=1S/C15H22N2O2/c1-3-13-15(19)16-9-10-17(13)12-7-5-11(6-8-12)14(18)4-2/h5-8,13-14,18H,3-4,9-10H2,1-2H3,(H,16,19). The lowest BCUT2D eigenvalue weighted by Gasteiger charge is -2.36. The van der Waals surface area contributed by atoms with Crippen LogP contribution in [-0.4, -0.2) is 30.1 Å². The van der Waals surface area contributed by atoms with E-state index in [2.05, 4.69) is 10.2 Å².